The zero-order valence-corrected chi connectivity index (χ0v) is 13.4. The second-order valence-electron chi connectivity index (χ2n) is 4.56. The molecule has 0 amide bonds. The first-order valence-corrected chi connectivity index (χ1v) is 7.16. The van der Waals surface area contributed by atoms with Gasteiger partial charge in [-0.2, -0.15) is 5.10 Å². The summed E-state index contributed by atoms with van der Waals surface area (Å²) in [5.74, 6) is 5.65. The fraction of sp³-hybridized carbons (Fsp3) is 0.308. The fourth-order valence-electron chi connectivity index (χ4n) is 2.14. The molecule has 3 N–H and O–H groups in total. The lowest BCUT2D eigenvalue weighted by atomic mass is 10.0. The molecule has 0 aliphatic rings. The molecule has 0 fully saturated rings. The van der Waals surface area contributed by atoms with Gasteiger partial charge in [-0.25, -0.2) is 0 Å². The summed E-state index contributed by atoms with van der Waals surface area (Å²) in [7, 11) is 1.85. The first-order chi connectivity index (χ1) is 9.43. The Kier molecular flexibility index (Phi) is 4.94. The van der Waals surface area contributed by atoms with E-state index in [2.05, 4.69) is 10.5 Å². The van der Waals surface area contributed by atoms with Crippen molar-refractivity contribution in [2.75, 3.05) is 0 Å². The lowest BCUT2D eigenvalue weighted by Gasteiger charge is -2.18. The van der Waals surface area contributed by atoms with Crippen LogP contribution < -0.4 is 11.3 Å². The van der Waals surface area contributed by atoms with Crippen molar-refractivity contribution in [1.29, 1.82) is 0 Å². The number of nitrogens with one attached hydrogen (secondary N) is 1. The molecule has 2 rings (SSSR count). The predicted octanol–water partition coefficient (Wildman–Crippen LogP) is 3.44. The highest BCUT2D eigenvalue weighted by atomic mass is 35.5. The SMILES string of the molecule is Cc1nn(C)c(CC(NN)c2cc(Cl)ccc2Cl)c1Cl. The number of nitrogens with two attached hydrogens (primary N) is 1. The maximum Gasteiger partial charge on any atom is 0.0847 e. The van der Waals surface area contributed by atoms with Crippen LogP contribution in [-0.4, -0.2) is 9.78 Å². The molecule has 108 valence electrons. The topological polar surface area (TPSA) is 55.9 Å². The summed E-state index contributed by atoms with van der Waals surface area (Å²) >= 11 is 18.5. The third kappa shape index (κ3) is 3.10. The Balaban J connectivity index is 2.36. The van der Waals surface area contributed by atoms with Crippen LogP contribution in [0.4, 0.5) is 0 Å². The van der Waals surface area contributed by atoms with E-state index in [1.165, 1.54) is 0 Å². The number of benzene rings is 1. The molecule has 0 aliphatic carbocycles. The molecule has 1 atom stereocenters. The molecule has 0 saturated heterocycles. The monoisotopic (exact) mass is 332 g/mol. The van der Waals surface area contributed by atoms with E-state index in [1.54, 1.807) is 22.9 Å². The Hall–Kier alpha value is -0.780. The van der Waals surface area contributed by atoms with E-state index in [-0.39, 0.29) is 6.04 Å². The summed E-state index contributed by atoms with van der Waals surface area (Å²) in [6.07, 6.45) is 0.562. The number of hydrogen-bond acceptors (Lipinski definition) is 3. The van der Waals surface area contributed by atoms with Gasteiger partial charge in [0, 0.05) is 23.5 Å². The van der Waals surface area contributed by atoms with Crippen LogP contribution in [0.2, 0.25) is 15.1 Å². The Morgan fingerprint density at radius 3 is 2.60 bits per heavy atom. The van der Waals surface area contributed by atoms with E-state index < -0.39 is 0 Å². The van der Waals surface area contributed by atoms with Crippen molar-refractivity contribution in [3.05, 3.63) is 50.2 Å². The molecule has 0 spiro atoms. The van der Waals surface area contributed by atoms with Crippen LogP contribution >= 0.6 is 34.8 Å². The van der Waals surface area contributed by atoms with Gasteiger partial charge in [0.15, 0.2) is 0 Å². The molecule has 7 heteroatoms. The molecule has 20 heavy (non-hydrogen) atoms. The number of hydrazine groups is 1. The van der Waals surface area contributed by atoms with Gasteiger partial charge in [0.1, 0.15) is 0 Å². The molecule has 4 nitrogen and oxygen atoms in total. The minimum atomic E-state index is -0.200. The van der Waals surface area contributed by atoms with Gasteiger partial charge in [-0.1, -0.05) is 34.8 Å². The van der Waals surface area contributed by atoms with Crippen LogP contribution in [0.5, 0.6) is 0 Å². The van der Waals surface area contributed by atoms with Crippen LogP contribution in [0.15, 0.2) is 18.2 Å². The number of aryl methyl sites for hydroxylation is 2. The molecular formula is C13H15Cl3N4. The summed E-state index contributed by atoms with van der Waals surface area (Å²) in [5, 5.41) is 6.15. The minimum absolute atomic E-state index is 0.200. The van der Waals surface area contributed by atoms with E-state index in [0.717, 1.165) is 17.0 Å². The Bertz CT molecular complexity index is 624. The number of hydrogen-bond donors (Lipinski definition) is 2. The average Bonchev–Trinajstić information content (AvgIpc) is 2.65. The van der Waals surface area contributed by atoms with Crippen LogP contribution in [0, 0.1) is 6.92 Å². The van der Waals surface area contributed by atoms with E-state index in [1.807, 2.05) is 14.0 Å². The Labute approximate surface area is 132 Å². The van der Waals surface area contributed by atoms with Crippen molar-refractivity contribution in [1.82, 2.24) is 15.2 Å². The number of rotatable bonds is 4. The first kappa shape index (κ1) is 15.6. The second kappa shape index (κ2) is 6.33. The van der Waals surface area contributed by atoms with Crippen molar-refractivity contribution in [3.8, 4) is 0 Å². The molecule has 0 aliphatic heterocycles. The van der Waals surface area contributed by atoms with Crippen molar-refractivity contribution < 1.29 is 0 Å². The number of aromatic nitrogens is 2. The maximum atomic E-state index is 6.26. The van der Waals surface area contributed by atoms with E-state index in [0.29, 0.717) is 21.5 Å². The van der Waals surface area contributed by atoms with Gasteiger partial charge in [0.25, 0.3) is 0 Å². The van der Waals surface area contributed by atoms with Crippen molar-refractivity contribution in [3.63, 3.8) is 0 Å². The number of nitrogens with zero attached hydrogens (tertiary/aromatic N) is 2. The van der Waals surface area contributed by atoms with Gasteiger partial charge in [0.2, 0.25) is 0 Å². The zero-order valence-electron chi connectivity index (χ0n) is 11.1. The summed E-state index contributed by atoms with van der Waals surface area (Å²) in [5.41, 5.74) is 5.27. The quantitative estimate of drug-likeness (QED) is 0.665. The minimum Gasteiger partial charge on any atom is -0.271 e. The molecule has 1 heterocycles. The van der Waals surface area contributed by atoms with Gasteiger partial charge < -0.3 is 0 Å². The van der Waals surface area contributed by atoms with E-state index in [4.69, 9.17) is 40.6 Å². The predicted molar refractivity (Wildman–Crippen MR) is 83.2 cm³/mol. The fourth-order valence-corrected chi connectivity index (χ4v) is 2.80. The van der Waals surface area contributed by atoms with Gasteiger partial charge in [-0.15, -0.1) is 0 Å². The van der Waals surface area contributed by atoms with Gasteiger partial charge in [0.05, 0.1) is 22.5 Å². The lowest BCUT2D eigenvalue weighted by molar-refractivity contribution is 0.530. The van der Waals surface area contributed by atoms with Crippen LogP contribution in [0.1, 0.15) is 23.0 Å². The zero-order chi connectivity index (χ0) is 14.9. The van der Waals surface area contributed by atoms with Crippen LogP contribution in [-0.2, 0) is 13.5 Å². The smallest absolute Gasteiger partial charge is 0.0847 e. The highest BCUT2D eigenvalue weighted by molar-refractivity contribution is 6.33. The highest BCUT2D eigenvalue weighted by Gasteiger charge is 2.19. The van der Waals surface area contributed by atoms with Crippen LogP contribution in [0.25, 0.3) is 0 Å². The summed E-state index contributed by atoms with van der Waals surface area (Å²) < 4.78 is 1.75. The molecule has 0 saturated carbocycles. The Morgan fingerprint density at radius 1 is 1.35 bits per heavy atom. The van der Waals surface area contributed by atoms with Gasteiger partial charge in [-0.3, -0.25) is 16.0 Å². The second-order valence-corrected chi connectivity index (χ2v) is 5.78. The summed E-state index contributed by atoms with van der Waals surface area (Å²) in [6.45, 7) is 1.86. The molecule has 0 bridgehead atoms. The molecule has 1 unspecified atom stereocenters. The molecule has 1 aromatic heterocycles. The van der Waals surface area contributed by atoms with Crippen molar-refractivity contribution >= 4 is 34.8 Å². The van der Waals surface area contributed by atoms with Gasteiger partial charge >= 0.3 is 0 Å². The third-order valence-corrected chi connectivity index (χ3v) is 4.26. The molecule has 2 aromatic rings. The highest BCUT2D eigenvalue weighted by Crippen LogP contribution is 2.30. The largest absolute Gasteiger partial charge is 0.271 e. The summed E-state index contributed by atoms with van der Waals surface area (Å²) in [4.78, 5) is 0. The van der Waals surface area contributed by atoms with E-state index in [9.17, 15) is 0 Å². The number of halogens is 3. The van der Waals surface area contributed by atoms with Crippen LogP contribution in [0.3, 0.4) is 0 Å². The molecule has 0 radical (unpaired) electrons. The standard InChI is InChI=1S/C13H15Cl3N4/c1-7-13(16)12(20(2)19-7)6-11(18-17)9-5-8(14)3-4-10(9)15/h3-5,11,18H,6,17H2,1-2H3. The third-order valence-electron chi connectivity index (χ3n) is 3.19. The van der Waals surface area contributed by atoms with Crippen molar-refractivity contribution in [2.45, 2.75) is 19.4 Å². The average molecular weight is 334 g/mol. The van der Waals surface area contributed by atoms with Crippen molar-refractivity contribution in [2.24, 2.45) is 12.9 Å². The maximum absolute atomic E-state index is 6.26. The Morgan fingerprint density at radius 2 is 2.05 bits per heavy atom. The summed E-state index contributed by atoms with van der Waals surface area (Å²) in [6, 6.07) is 5.08. The normalized spacial score (nSPS) is 12.7. The first-order valence-electron chi connectivity index (χ1n) is 6.03. The van der Waals surface area contributed by atoms with Gasteiger partial charge in [-0.05, 0) is 30.7 Å². The van der Waals surface area contributed by atoms with E-state index >= 15 is 0 Å². The lowest BCUT2D eigenvalue weighted by Crippen LogP contribution is -2.30. The molecule has 1 aromatic carbocycles. The molecular weight excluding hydrogens is 319 g/mol.